The van der Waals surface area contributed by atoms with Crippen molar-refractivity contribution in [3.8, 4) is 5.75 Å². The zero-order valence-electron chi connectivity index (χ0n) is 16.7. The second kappa shape index (κ2) is 6.09. The lowest BCUT2D eigenvalue weighted by atomic mass is 9.44. The fraction of sp³-hybridized carbons (Fsp3) is 0.667. The van der Waals surface area contributed by atoms with Crippen LogP contribution in [0.25, 0.3) is 0 Å². The molecule has 1 unspecified atom stereocenters. The Kier molecular flexibility index (Phi) is 5.21. The third-order valence-electron chi connectivity index (χ3n) is 5.23. The van der Waals surface area contributed by atoms with Crippen molar-refractivity contribution < 1.29 is 15.0 Å². The van der Waals surface area contributed by atoms with Gasteiger partial charge in [-0.15, -0.1) is 0 Å². The standard InChI is InChI=1S/C21H34O3/c1-18(2,3)16(14-10-12-15(22)13-11-14)21(17(23)24,19(4,5)6)20(7,8)9/h10-13,16,22H,1-9H3,(H,23,24). The molecule has 1 aromatic carbocycles. The number of carboxylic acid groups (broad SMARTS) is 1. The number of hydrogen-bond acceptors (Lipinski definition) is 2. The van der Waals surface area contributed by atoms with Gasteiger partial charge >= 0.3 is 5.97 Å². The Labute approximate surface area is 147 Å². The lowest BCUT2D eigenvalue weighted by Crippen LogP contribution is -2.58. The first-order valence-electron chi connectivity index (χ1n) is 8.59. The highest BCUT2D eigenvalue weighted by atomic mass is 16.4. The van der Waals surface area contributed by atoms with E-state index < -0.39 is 22.2 Å². The summed E-state index contributed by atoms with van der Waals surface area (Å²) in [4.78, 5) is 12.8. The topological polar surface area (TPSA) is 57.5 Å². The molecule has 0 saturated heterocycles. The molecule has 0 aliphatic heterocycles. The molecule has 1 aromatic rings. The van der Waals surface area contributed by atoms with Gasteiger partial charge in [0.1, 0.15) is 5.75 Å². The van der Waals surface area contributed by atoms with Crippen LogP contribution >= 0.6 is 0 Å². The van der Waals surface area contributed by atoms with E-state index in [1.165, 1.54) is 0 Å². The first kappa shape index (κ1) is 20.5. The van der Waals surface area contributed by atoms with Gasteiger partial charge < -0.3 is 10.2 Å². The van der Waals surface area contributed by atoms with E-state index in [9.17, 15) is 15.0 Å². The van der Waals surface area contributed by atoms with E-state index in [1.54, 1.807) is 12.1 Å². The van der Waals surface area contributed by atoms with Gasteiger partial charge in [0.2, 0.25) is 0 Å². The van der Waals surface area contributed by atoms with E-state index in [1.807, 2.05) is 53.7 Å². The largest absolute Gasteiger partial charge is 0.508 e. The van der Waals surface area contributed by atoms with Crippen LogP contribution in [0.2, 0.25) is 0 Å². The van der Waals surface area contributed by atoms with Gasteiger partial charge in [0.15, 0.2) is 0 Å². The van der Waals surface area contributed by atoms with E-state index in [4.69, 9.17) is 0 Å². The predicted octanol–water partition coefficient (Wildman–Crippen LogP) is 5.69. The molecule has 0 spiro atoms. The van der Waals surface area contributed by atoms with Crippen molar-refractivity contribution in [1.29, 1.82) is 0 Å². The zero-order chi connectivity index (χ0) is 19.1. The number of hydrogen-bond donors (Lipinski definition) is 2. The Bertz CT molecular complexity index is 563. The van der Waals surface area contributed by atoms with Gasteiger partial charge in [-0.1, -0.05) is 74.4 Å². The highest BCUT2D eigenvalue weighted by molar-refractivity contribution is 5.78. The average molecular weight is 335 g/mol. The molecule has 0 aromatic heterocycles. The van der Waals surface area contributed by atoms with E-state index >= 15 is 0 Å². The van der Waals surface area contributed by atoms with Crippen LogP contribution in [-0.2, 0) is 4.79 Å². The molecule has 136 valence electrons. The molecule has 0 amide bonds. The molecule has 1 rings (SSSR count). The summed E-state index contributed by atoms with van der Waals surface area (Å²) < 4.78 is 0. The van der Waals surface area contributed by atoms with Crippen molar-refractivity contribution >= 4 is 5.97 Å². The molecule has 0 aliphatic rings. The number of phenols is 1. The van der Waals surface area contributed by atoms with Crippen LogP contribution in [0.4, 0.5) is 0 Å². The Morgan fingerprint density at radius 1 is 0.833 bits per heavy atom. The maximum atomic E-state index is 12.8. The summed E-state index contributed by atoms with van der Waals surface area (Å²) in [6, 6.07) is 7.01. The normalized spacial score (nSPS) is 15.2. The number of carbonyl (C=O) groups is 1. The Morgan fingerprint density at radius 2 is 1.21 bits per heavy atom. The van der Waals surface area contributed by atoms with Crippen molar-refractivity contribution in [2.75, 3.05) is 0 Å². The summed E-state index contributed by atoms with van der Waals surface area (Å²) in [5.74, 6) is -0.794. The number of aliphatic carboxylic acids is 1. The van der Waals surface area contributed by atoms with Crippen LogP contribution in [0.5, 0.6) is 5.75 Å². The molecule has 2 N–H and O–H groups in total. The van der Waals surface area contributed by atoms with Crippen LogP contribution < -0.4 is 0 Å². The number of phenolic OH excluding ortho intramolecular Hbond substituents is 1. The smallest absolute Gasteiger partial charge is 0.311 e. The highest BCUT2D eigenvalue weighted by Gasteiger charge is 2.63. The molecule has 0 radical (unpaired) electrons. The minimum Gasteiger partial charge on any atom is -0.508 e. The third-order valence-corrected chi connectivity index (χ3v) is 5.23. The Morgan fingerprint density at radius 3 is 1.46 bits per heavy atom. The summed E-state index contributed by atoms with van der Waals surface area (Å²) in [5, 5.41) is 20.2. The predicted molar refractivity (Wildman–Crippen MR) is 99.3 cm³/mol. The first-order valence-corrected chi connectivity index (χ1v) is 8.59. The maximum Gasteiger partial charge on any atom is 0.311 e. The molecular weight excluding hydrogens is 300 g/mol. The van der Waals surface area contributed by atoms with Gasteiger partial charge in [0.25, 0.3) is 0 Å². The van der Waals surface area contributed by atoms with Crippen molar-refractivity contribution in [2.24, 2.45) is 21.7 Å². The van der Waals surface area contributed by atoms with Gasteiger partial charge in [-0.25, -0.2) is 0 Å². The van der Waals surface area contributed by atoms with Gasteiger partial charge in [0, 0.05) is 5.92 Å². The third kappa shape index (κ3) is 3.31. The van der Waals surface area contributed by atoms with Crippen molar-refractivity contribution in [3.63, 3.8) is 0 Å². The van der Waals surface area contributed by atoms with Crippen LogP contribution in [0.3, 0.4) is 0 Å². The number of aromatic hydroxyl groups is 1. The lowest BCUT2D eigenvalue weighted by molar-refractivity contribution is -0.178. The molecule has 0 heterocycles. The molecule has 1 atom stereocenters. The van der Waals surface area contributed by atoms with Crippen LogP contribution in [0, 0.1) is 21.7 Å². The van der Waals surface area contributed by atoms with E-state index in [2.05, 4.69) is 20.8 Å². The molecule has 0 saturated carbocycles. The minimum atomic E-state index is -0.991. The van der Waals surface area contributed by atoms with Crippen molar-refractivity contribution in [3.05, 3.63) is 29.8 Å². The summed E-state index contributed by atoms with van der Waals surface area (Å²) in [6.07, 6.45) is 0. The Balaban J connectivity index is 3.90. The number of rotatable bonds is 3. The van der Waals surface area contributed by atoms with E-state index in [0.29, 0.717) is 0 Å². The lowest BCUT2D eigenvalue weighted by Gasteiger charge is -2.58. The number of carboxylic acids is 1. The SMILES string of the molecule is CC(C)(C)C(c1ccc(O)cc1)C(C(=O)O)(C(C)(C)C)C(C)(C)C. The van der Waals surface area contributed by atoms with Gasteiger partial charge in [-0.3, -0.25) is 4.79 Å². The molecule has 3 nitrogen and oxygen atoms in total. The second-order valence-electron chi connectivity index (χ2n) is 10.0. The maximum absolute atomic E-state index is 12.8. The number of benzene rings is 1. The van der Waals surface area contributed by atoms with Gasteiger partial charge in [-0.2, -0.15) is 0 Å². The molecule has 0 fully saturated rings. The van der Waals surface area contributed by atoms with Crippen LogP contribution in [0.1, 0.15) is 73.8 Å². The van der Waals surface area contributed by atoms with Crippen LogP contribution in [0.15, 0.2) is 24.3 Å². The van der Waals surface area contributed by atoms with Crippen LogP contribution in [-0.4, -0.2) is 16.2 Å². The average Bonchev–Trinajstić information content (AvgIpc) is 2.31. The fourth-order valence-corrected chi connectivity index (χ4v) is 4.82. The summed E-state index contributed by atoms with van der Waals surface area (Å²) in [6.45, 7) is 18.4. The van der Waals surface area contributed by atoms with Crippen molar-refractivity contribution in [1.82, 2.24) is 0 Å². The molecule has 0 bridgehead atoms. The molecule has 0 aliphatic carbocycles. The highest BCUT2D eigenvalue weighted by Crippen LogP contribution is 2.64. The monoisotopic (exact) mass is 334 g/mol. The first-order chi connectivity index (χ1) is 10.6. The Hall–Kier alpha value is -1.51. The molecule has 24 heavy (non-hydrogen) atoms. The summed E-state index contributed by atoms with van der Waals surface area (Å²) in [5.41, 5.74) is -1.24. The minimum absolute atomic E-state index is 0.193. The quantitative estimate of drug-likeness (QED) is 0.747. The van der Waals surface area contributed by atoms with Gasteiger partial charge in [0.05, 0.1) is 5.41 Å². The summed E-state index contributed by atoms with van der Waals surface area (Å²) >= 11 is 0. The van der Waals surface area contributed by atoms with E-state index in [0.717, 1.165) is 5.56 Å². The molecule has 3 heteroatoms. The van der Waals surface area contributed by atoms with E-state index in [-0.39, 0.29) is 17.1 Å². The van der Waals surface area contributed by atoms with Crippen molar-refractivity contribution in [2.45, 2.75) is 68.2 Å². The summed E-state index contributed by atoms with van der Waals surface area (Å²) in [7, 11) is 0. The molecular formula is C21H34O3. The second-order valence-corrected chi connectivity index (χ2v) is 10.0. The van der Waals surface area contributed by atoms with Gasteiger partial charge in [-0.05, 0) is 33.9 Å². The fourth-order valence-electron chi connectivity index (χ4n) is 4.82. The zero-order valence-corrected chi connectivity index (χ0v) is 16.7.